The number of aromatic nitrogens is 3. The van der Waals surface area contributed by atoms with E-state index in [2.05, 4.69) is 52.5 Å². The maximum Gasteiger partial charge on any atom is 0.340 e. The number of benzene rings is 3. The largest absolute Gasteiger partial charge is 0.345 e. The maximum atomic E-state index is 12.8. The monoisotopic (exact) mass is 372 g/mol. The van der Waals surface area contributed by atoms with Gasteiger partial charge in [0.25, 0.3) is 5.91 Å². The minimum atomic E-state index is -0.396. The molecule has 6 nitrogen and oxygen atoms in total. The summed E-state index contributed by atoms with van der Waals surface area (Å²) in [5.41, 5.74) is 4.84. The molecule has 4 rings (SSSR count). The predicted molar refractivity (Wildman–Crippen MR) is 109 cm³/mol. The molecule has 0 bridgehead atoms. The number of rotatable bonds is 4. The average molecular weight is 372 g/mol. The molecule has 1 amide bonds. The summed E-state index contributed by atoms with van der Waals surface area (Å²) in [6.07, 6.45) is 0. The highest BCUT2D eigenvalue weighted by molar-refractivity contribution is 6.11. The molecule has 0 unspecified atom stereocenters. The number of aryl methyl sites for hydroxylation is 2. The molecule has 1 heterocycles. The second-order valence-corrected chi connectivity index (χ2v) is 6.83. The van der Waals surface area contributed by atoms with E-state index < -0.39 is 5.69 Å². The summed E-state index contributed by atoms with van der Waals surface area (Å²) in [5.74, 6) is 0.169. The van der Waals surface area contributed by atoms with Gasteiger partial charge in [0.2, 0.25) is 0 Å². The molecular formula is C22H20N4O2. The number of aromatic amines is 2. The van der Waals surface area contributed by atoms with Crippen LogP contribution >= 0.6 is 0 Å². The van der Waals surface area contributed by atoms with E-state index >= 15 is 0 Å². The van der Waals surface area contributed by atoms with Crippen LogP contribution in [0.15, 0.2) is 59.4 Å². The minimum Gasteiger partial charge on any atom is -0.345 e. The van der Waals surface area contributed by atoms with E-state index in [1.807, 2.05) is 36.4 Å². The molecule has 0 saturated heterocycles. The van der Waals surface area contributed by atoms with Crippen LogP contribution in [-0.2, 0) is 6.54 Å². The van der Waals surface area contributed by atoms with Crippen molar-refractivity contribution in [2.24, 2.45) is 0 Å². The number of fused-ring (bicyclic) bond motifs is 1. The first-order valence-corrected chi connectivity index (χ1v) is 9.04. The van der Waals surface area contributed by atoms with Gasteiger partial charge in [0.05, 0.1) is 6.54 Å². The van der Waals surface area contributed by atoms with Crippen LogP contribution in [0.5, 0.6) is 0 Å². The highest BCUT2D eigenvalue weighted by atomic mass is 16.2. The van der Waals surface area contributed by atoms with Crippen LogP contribution in [0.4, 0.5) is 0 Å². The van der Waals surface area contributed by atoms with Crippen LogP contribution in [0.2, 0.25) is 0 Å². The summed E-state index contributed by atoms with van der Waals surface area (Å²) in [7, 11) is 0. The van der Waals surface area contributed by atoms with Gasteiger partial charge in [0.15, 0.2) is 0 Å². The summed E-state index contributed by atoms with van der Waals surface area (Å²) in [4.78, 5) is 26.4. The Balaban J connectivity index is 1.74. The van der Waals surface area contributed by atoms with Gasteiger partial charge in [-0.2, -0.15) is 5.10 Å². The van der Waals surface area contributed by atoms with E-state index in [-0.39, 0.29) is 12.5 Å². The molecule has 3 N–H and O–H groups in total. The second kappa shape index (κ2) is 7.15. The van der Waals surface area contributed by atoms with Crippen molar-refractivity contribution in [3.8, 4) is 11.1 Å². The fraction of sp³-hybridized carbons (Fsp3) is 0.136. The van der Waals surface area contributed by atoms with Gasteiger partial charge in [-0.1, -0.05) is 54.1 Å². The molecule has 0 aliphatic carbocycles. The molecule has 0 spiro atoms. The first-order chi connectivity index (χ1) is 13.5. The van der Waals surface area contributed by atoms with Crippen molar-refractivity contribution in [3.63, 3.8) is 0 Å². The molecule has 28 heavy (non-hydrogen) atoms. The number of nitrogens with zero attached hydrogens (tertiary/aromatic N) is 1. The Kier molecular flexibility index (Phi) is 4.53. The molecule has 0 aliphatic heterocycles. The maximum absolute atomic E-state index is 12.8. The lowest BCUT2D eigenvalue weighted by molar-refractivity contribution is 0.0951. The molecule has 6 heteroatoms. The summed E-state index contributed by atoms with van der Waals surface area (Å²) < 4.78 is 0. The van der Waals surface area contributed by atoms with E-state index in [1.54, 1.807) is 0 Å². The zero-order chi connectivity index (χ0) is 19.7. The number of amides is 1. The van der Waals surface area contributed by atoms with E-state index in [0.717, 1.165) is 21.9 Å². The number of hydrogen-bond acceptors (Lipinski definition) is 3. The van der Waals surface area contributed by atoms with Gasteiger partial charge in [0.1, 0.15) is 5.82 Å². The fourth-order valence-corrected chi connectivity index (χ4v) is 3.41. The smallest absolute Gasteiger partial charge is 0.340 e. The van der Waals surface area contributed by atoms with Crippen molar-refractivity contribution in [1.29, 1.82) is 0 Å². The minimum absolute atomic E-state index is 0.143. The Bertz CT molecular complexity index is 1240. The summed E-state index contributed by atoms with van der Waals surface area (Å²) in [6, 6.07) is 18.1. The van der Waals surface area contributed by atoms with Crippen molar-refractivity contribution in [2.45, 2.75) is 20.4 Å². The molecule has 0 radical (unpaired) electrons. The fourth-order valence-electron chi connectivity index (χ4n) is 3.41. The van der Waals surface area contributed by atoms with E-state index in [1.165, 1.54) is 11.1 Å². The van der Waals surface area contributed by atoms with Crippen LogP contribution in [0, 0.1) is 13.8 Å². The van der Waals surface area contributed by atoms with Gasteiger partial charge in [0, 0.05) is 5.56 Å². The molecule has 1 aromatic heterocycles. The molecule has 0 fully saturated rings. The quantitative estimate of drug-likeness (QED) is 0.512. The molecule has 4 aromatic rings. The Labute approximate surface area is 161 Å². The van der Waals surface area contributed by atoms with Gasteiger partial charge >= 0.3 is 5.69 Å². The first-order valence-electron chi connectivity index (χ1n) is 9.04. The predicted octanol–water partition coefficient (Wildman–Crippen LogP) is 3.47. The van der Waals surface area contributed by atoms with Gasteiger partial charge in [-0.15, -0.1) is 0 Å². The summed E-state index contributed by atoms with van der Waals surface area (Å²) in [5, 5.41) is 10.8. The number of H-pyrrole nitrogens is 2. The molecule has 0 saturated carbocycles. The lowest BCUT2D eigenvalue weighted by Crippen LogP contribution is -2.24. The van der Waals surface area contributed by atoms with Crippen LogP contribution in [0.3, 0.4) is 0 Å². The number of nitrogens with one attached hydrogen (secondary N) is 3. The molecule has 3 aromatic carbocycles. The molecule has 0 aliphatic rings. The van der Waals surface area contributed by atoms with Gasteiger partial charge in [-0.3, -0.25) is 9.78 Å². The zero-order valence-electron chi connectivity index (χ0n) is 15.7. The van der Waals surface area contributed by atoms with E-state index in [4.69, 9.17) is 0 Å². The Morgan fingerprint density at radius 3 is 2.54 bits per heavy atom. The van der Waals surface area contributed by atoms with Crippen LogP contribution < -0.4 is 11.0 Å². The highest BCUT2D eigenvalue weighted by Gasteiger charge is 2.14. The third-order valence-electron chi connectivity index (χ3n) is 4.82. The van der Waals surface area contributed by atoms with Gasteiger partial charge in [-0.25, -0.2) is 9.89 Å². The first kappa shape index (κ1) is 17.7. The van der Waals surface area contributed by atoms with Crippen LogP contribution in [0.25, 0.3) is 21.9 Å². The topological polar surface area (TPSA) is 90.6 Å². The number of carbonyl (C=O) groups excluding carboxylic acids is 1. The third-order valence-corrected chi connectivity index (χ3v) is 4.82. The third kappa shape index (κ3) is 3.32. The molecular weight excluding hydrogens is 352 g/mol. The van der Waals surface area contributed by atoms with Gasteiger partial charge in [-0.05, 0) is 47.4 Å². The van der Waals surface area contributed by atoms with Crippen molar-refractivity contribution >= 4 is 16.7 Å². The van der Waals surface area contributed by atoms with Crippen LogP contribution in [0.1, 0.15) is 27.3 Å². The standard InChI is InChI=1S/C22H20N4O2/c1-13-7-8-14(2)19(11-13)17-9-10-18(16-6-4-3-5-15(16)17)21(27)23-12-20-24-22(28)26-25-20/h3-11H,12H2,1-2H3,(H,23,27)(H2,24,25,26,28). The van der Waals surface area contributed by atoms with E-state index in [9.17, 15) is 9.59 Å². The second-order valence-electron chi connectivity index (χ2n) is 6.83. The summed E-state index contributed by atoms with van der Waals surface area (Å²) >= 11 is 0. The Morgan fingerprint density at radius 1 is 1.00 bits per heavy atom. The van der Waals surface area contributed by atoms with Gasteiger partial charge < -0.3 is 5.32 Å². The summed E-state index contributed by atoms with van der Waals surface area (Å²) in [6.45, 7) is 4.31. The van der Waals surface area contributed by atoms with Crippen LogP contribution in [-0.4, -0.2) is 21.1 Å². The molecule has 140 valence electrons. The van der Waals surface area contributed by atoms with Crippen molar-refractivity contribution < 1.29 is 4.79 Å². The average Bonchev–Trinajstić information content (AvgIpc) is 3.12. The lowest BCUT2D eigenvalue weighted by Gasteiger charge is -2.14. The van der Waals surface area contributed by atoms with Crippen molar-refractivity contribution in [3.05, 3.63) is 87.6 Å². The van der Waals surface area contributed by atoms with E-state index in [0.29, 0.717) is 11.4 Å². The number of hydrogen-bond donors (Lipinski definition) is 3. The normalized spacial score (nSPS) is 10.9. The lowest BCUT2D eigenvalue weighted by atomic mass is 9.91. The van der Waals surface area contributed by atoms with Crippen molar-refractivity contribution in [2.75, 3.05) is 0 Å². The SMILES string of the molecule is Cc1ccc(C)c(-c2ccc(C(=O)NCc3n[nH]c(=O)[nH]3)c3ccccc23)c1. The Hall–Kier alpha value is -3.67. The molecule has 0 atom stereocenters. The zero-order valence-corrected chi connectivity index (χ0v) is 15.7. The number of carbonyl (C=O) groups is 1. The highest BCUT2D eigenvalue weighted by Crippen LogP contribution is 2.33. The Morgan fingerprint density at radius 2 is 1.79 bits per heavy atom. The van der Waals surface area contributed by atoms with Crippen molar-refractivity contribution in [1.82, 2.24) is 20.5 Å².